The number of carbonyl (C=O) groups excluding carboxylic acids is 1. The zero-order valence-corrected chi connectivity index (χ0v) is 28.6. The summed E-state index contributed by atoms with van der Waals surface area (Å²) in [6, 6.07) is 19.1. The highest BCUT2D eigenvalue weighted by Gasteiger charge is 2.17. The highest BCUT2D eigenvalue weighted by atomic mass is 35.5. The van der Waals surface area contributed by atoms with E-state index in [1.807, 2.05) is 16.7 Å². The molecule has 0 bridgehead atoms. The van der Waals surface area contributed by atoms with Crippen molar-refractivity contribution in [2.75, 3.05) is 59.4 Å². The summed E-state index contributed by atoms with van der Waals surface area (Å²) in [6.07, 6.45) is 1.72. The number of carbonyl (C=O) groups is 1. The molecule has 0 unspecified atom stereocenters. The SMILES string of the molecule is CC(C)n1c(Nc2ccc(NC(=O)Nc3ccc(F)c(Cl)c3)cc2)nc2cnc(Nc3ccc(N4CCN(C)CC4)cc3)nc21.SS. The van der Waals surface area contributed by atoms with E-state index in [1.54, 1.807) is 18.3 Å². The number of benzene rings is 3. The molecule has 6 rings (SSSR count). The molecule has 2 amide bonds. The minimum absolute atomic E-state index is 0.0627. The first kappa shape index (κ1) is 34.1. The van der Waals surface area contributed by atoms with Crippen molar-refractivity contribution in [1.29, 1.82) is 0 Å². The highest BCUT2D eigenvalue weighted by Crippen LogP contribution is 2.28. The Bertz CT molecular complexity index is 1810. The van der Waals surface area contributed by atoms with Crippen molar-refractivity contribution < 1.29 is 9.18 Å². The molecule has 15 heteroatoms. The lowest BCUT2D eigenvalue weighted by atomic mass is 10.2. The smallest absolute Gasteiger partial charge is 0.323 e. The number of rotatable bonds is 8. The largest absolute Gasteiger partial charge is 0.369 e. The van der Waals surface area contributed by atoms with Crippen molar-refractivity contribution in [2.45, 2.75) is 19.9 Å². The number of urea groups is 1. The van der Waals surface area contributed by atoms with Crippen molar-refractivity contribution in [1.82, 2.24) is 24.4 Å². The van der Waals surface area contributed by atoms with E-state index in [-0.39, 0.29) is 11.1 Å². The molecule has 1 saturated heterocycles. The summed E-state index contributed by atoms with van der Waals surface area (Å²) < 4.78 is 15.4. The van der Waals surface area contributed by atoms with Gasteiger partial charge in [0.1, 0.15) is 11.3 Å². The summed E-state index contributed by atoms with van der Waals surface area (Å²) in [5, 5.41) is 12.0. The van der Waals surface area contributed by atoms with Gasteiger partial charge in [-0.25, -0.2) is 19.2 Å². The van der Waals surface area contributed by atoms with Crippen LogP contribution in [0.15, 0.2) is 72.9 Å². The number of imidazole rings is 1. The van der Waals surface area contributed by atoms with Crippen LogP contribution in [0.3, 0.4) is 0 Å². The Balaban J connectivity index is 0.00000213. The fraction of sp³-hybridized carbons (Fsp3) is 0.250. The van der Waals surface area contributed by atoms with Gasteiger partial charge in [0, 0.05) is 60.7 Å². The average molecular weight is 695 g/mol. The highest BCUT2D eigenvalue weighted by molar-refractivity contribution is 8.59. The second-order valence-corrected chi connectivity index (χ2v) is 11.6. The minimum Gasteiger partial charge on any atom is -0.369 e. The maximum Gasteiger partial charge on any atom is 0.323 e. The van der Waals surface area contributed by atoms with Crippen molar-refractivity contribution in [3.8, 4) is 0 Å². The summed E-state index contributed by atoms with van der Waals surface area (Å²) in [4.78, 5) is 31.2. The van der Waals surface area contributed by atoms with E-state index >= 15 is 0 Å². The zero-order chi connectivity index (χ0) is 33.5. The number of amides is 2. The third kappa shape index (κ3) is 8.57. The van der Waals surface area contributed by atoms with Gasteiger partial charge in [-0.05, 0) is 87.6 Å². The number of halogens is 2. The van der Waals surface area contributed by atoms with Gasteiger partial charge < -0.3 is 31.1 Å². The van der Waals surface area contributed by atoms with Gasteiger partial charge in [0.2, 0.25) is 11.9 Å². The molecule has 2 aromatic heterocycles. The fourth-order valence-electron chi connectivity index (χ4n) is 5.11. The van der Waals surface area contributed by atoms with Gasteiger partial charge in [-0.2, -0.15) is 4.98 Å². The first-order chi connectivity index (χ1) is 22.7. The Morgan fingerprint density at radius 1 is 0.851 bits per heavy atom. The van der Waals surface area contributed by atoms with Gasteiger partial charge >= 0.3 is 6.03 Å². The molecule has 1 aliphatic heterocycles. The van der Waals surface area contributed by atoms with Crippen LogP contribution in [0.2, 0.25) is 5.02 Å². The lowest BCUT2D eigenvalue weighted by Crippen LogP contribution is -2.44. The van der Waals surface area contributed by atoms with Crippen LogP contribution in [0.1, 0.15) is 19.9 Å². The zero-order valence-electron chi connectivity index (χ0n) is 26.1. The topological polar surface area (TPSA) is 115 Å². The van der Waals surface area contributed by atoms with Crippen LogP contribution in [-0.2, 0) is 0 Å². The lowest BCUT2D eigenvalue weighted by Gasteiger charge is -2.34. The maximum atomic E-state index is 13.4. The van der Waals surface area contributed by atoms with Gasteiger partial charge in [0.25, 0.3) is 0 Å². The van der Waals surface area contributed by atoms with E-state index in [2.05, 4.69) is 105 Å². The molecular weight excluding hydrogens is 659 g/mol. The molecule has 0 spiro atoms. The number of thiol groups is 2. The van der Waals surface area contributed by atoms with E-state index in [1.165, 1.54) is 23.9 Å². The van der Waals surface area contributed by atoms with Crippen molar-refractivity contribution in [3.63, 3.8) is 0 Å². The molecule has 1 aliphatic rings. The maximum absolute atomic E-state index is 13.4. The number of piperazine rings is 1. The summed E-state index contributed by atoms with van der Waals surface area (Å²) in [6.45, 7) is 8.30. The summed E-state index contributed by atoms with van der Waals surface area (Å²) >= 11 is 12.2. The number of nitrogens with zero attached hydrogens (tertiary/aromatic N) is 6. The molecule has 4 N–H and O–H groups in total. The molecule has 11 nitrogen and oxygen atoms in total. The van der Waals surface area contributed by atoms with Crippen LogP contribution in [0.4, 0.5) is 49.5 Å². The number of hydrogen-bond donors (Lipinski definition) is 6. The van der Waals surface area contributed by atoms with E-state index in [9.17, 15) is 9.18 Å². The van der Waals surface area contributed by atoms with Crippen molar-refractivity contribution in [3.05, 3.63) is 83.8 Å². The standard InChI is InChI=1S/C32H34ClFN10O.H2S2/c1-20(2)44-29-28(19-35-30(41-29)36-21-8-11-25(12-9-21)43-16-14-42(3)15-17-43)40-31(44)37-22-4-6-23(7-5-22)38-32(45)39-24-10-13-27(34)26(33)18-24;1-2/h4-13,18-20H,14-17H2,1-3H3,(H,37,40)(H,35,36,41)(H2,38,39,45);1-2H. The molecule has 0 radical (unpaired) electrons. The van der Waals surface area contributed by atoms with Crippen molar-refractivity contribution >= 4 is 92.5 Å². The molecular formula is C32H36ClFN10OS2. The Morgan fingerprint density at radius 2 is 1.45 bits per heavy atom. The number of anilines is 7. The van der Waals surface area contributed by atoms with Crippen LogP contribution < -0.4 is 26.2 Å². The molecule has 47 heavy (non-hydrogen) atoms. The van der Waals surface area contributed by atoms with Crippen LogP contribution in [0.25, 0.3) is 11.2 Å². The van der Waals surface area contributed by atoms with Crippen LogP contribution in [0.5, 0.6) is 0 Å². The van der Waals surface area contributed by atoms with Crippen LogP contribution in [-0.4, -0.2) is 63.7 Å². The predicted molar refractivity (Wildman–Crippen MR) is 197 cm³/mol. The van der Waals surface area contributed by atoms with Crippen LogP contribution in [0, 0.1) is 5.82 Å². The van der Waals surface area contributed by atoms with Gasteiger partial charge in [-0.15, -0.1) is 23.3 Å². The van der Waals surface area contributed by atoms with Gasteiger partial charge in [-0.1, -0.05) is 11.6 Å². The van der Waals surface area contributed by atoms with E-state index in [0.717, 1.165) is 37.6 Å². The minimum atomic E-state index is -0.553. The first-order valence-corrected chi connectivity index (χ1v) is 16.9. The third-order valence-electron chi connectivity index (χ3n) is 7.52. The number of aromatic nitrogens is 4. The predicted octanol–water partition coefficient (Wildman–Crippen LogP) is 7.84. The monoisotopic (exact) mass is 694 g/mol. The van der Waals surface area contributed by atoms with Gasteiger partial charge in [0.15, 0.2) is 5.65 Å². The second-order valence-electron chi connectivity index (χ2n) is 11.2. The summed E-state index contributed by atoms with van der Waals surface area (Å²) in [5.41, 5.74) is 5.21. The van der Waals surface area contributed by atoms with E-state index in [4.69, 9.17) is 21.6 Å². The van der Waals surface area contributed by atoms with Gasteiger partial charge in [-0.3, -0.25) is 4.57 Å². The molecule has 3 aromatic carbocycles. The quantitative estimate of drug-likeness (QED) is 0.0719. The first-order valence-electron chi connectivity index (χ1n) is 14.9. The van der Waals surface area contributed by atoms with Crippen molar-refractivity contribution in [2.24, 2.45) is 0 Å². The normalized spacial score (nSPS) is 13.2. The van der Waals surface area contributed by atoms with E-state index < -0.39 is 11.8 Å². The Labute approximate surface area is 288 Å². The number of likely N-dealkylation sites (N-methyl/N-ethyl adjacent to an activating group) is 1. The van der Waals surface area contributed by atoms with E-state index in [0.29, 0.717) is 34.4 Å². The molecule has 0 aliphatic carbocycles. The summed E-state index contributed by atoms with van der Waals surface area (Å²) in [7, 11) is 2.15. The number of fused-ring (bicyclic) bond motifs is 1. The Kier molecular flexibility index (Phi) is 11.3. The molecule has 0 atom stereocenters. The third-order valence-corrected chi connectivity index (χ3v) is 7.81. The summed E-state index contributed by atoms with van der Waals surface area (Å²) in [5.74, 6) is 0.553. The Morgan fingerprint density at radius 3 is 2.11 bits per heavy atom. The number of nitrogens with one attached hydrogen (secondary N) is 4. The van der Waals surface area contributed by atoms with Crippen LogP contribution >= 0.6 is 34.9 Å². The second kappa shape index (κ2) is 15.6. The molecule has 0 saturated carbocycles. The Hall–Kier alpha value is -4.24. The number of hydrogen-bond acceptors (Lipinski definition) is 10. The molecule has 5 aromatic rings. The van der Waals surface area contributed by atoms with Gasteiger partial charge in [0.05, 0.1) is 11.2 Å². The molecule has 246 valence electrons. The molecule has 3 heterocycles. The lowest BCUT2D eigenvalue weighted by molar-refractivity contribution is 0.262. The average Bonchev–Trinajstić information content (AvgIpc) is 3.43. The molecule has 1 fully saturated rings. The fourth-order valence-corrected chi connectivity index (χ4v) is 5.29.